The lowest BCUT2D eigenvalue weighted by molar-refractivity contribution is 0.267. The Kier molecular flexibility index (Phi) is 6.94. The third-order valence-corrected chi connectivity index (χ3v) is 5.62. The van der Waals surface area contributed by atoms with E-state index in [9.17, 15) is 8.42 Å². The van der Waals surface area contributed by atoms with Gasteiger partial charge in [-0.1, -0.05) is 0 Å². The zero-order valence-electron chi connectivity index (χ0n) is 11.3. The van der Waals surface area contributed by atoms with Crippen LogP contribution in [0.25, 0.3) is 0 Å². The van der Waals surface area contributed by atoms with Crippen molar-refractivity contribution in [2.24, 2.45) is 11.7 Å². The minimum Gasteiger partial charge on any atom is -0.330 e. The Morgan fingerprint density at radius 2 is 2.28 bits per heavy atom. The van der Waals surface area contributed by atoms with E-state index in [1.807, 2.05) is 13.2 Å². The largest absolute Gasteiger partial charge is 0.330 e. The summed E-state index contributed by atoms with van der Waals surface area (Å²) >= 11 is 1.73. The molecular weight excluding hydrogens is 270 g/mol. The lowest BCUT2D eigenvalue weighted by atomic mass is 10.0. The molecule has 1 aliphatic rings. The standard InChI is InChI=1S/C11H25N3O2S2/c1-10(5-7-17-2)13-18(15,16)14-6-3-4-11(8-12)9-14/h10-11,13H,3-9,12H2,1-2H3. The van der Waals surface area contributed by atoms with Crippen molar-refractivity contribution in [1.82, 2.24) is 9.03 Å². The zero-order valence-corrected chi connectivity index (χ0v) is 12.9. The minimum absolute atomic E-state index is 0.0132. The predicted octanol–water partition coefficient (Wildman–Crippen LogP) is 0.633. The van der Waals surface area contributed by atoms with Crippen molar-refractivity contribution in [2.75, 3.05) is 31.6 Å². The van der Waals surface area contributed by atoms with E-state index in [1.54, 1.807) is 16.1 Å². The summed E-state index contributed by atoms with van der Waals surface area (Å²) in [5.41, 5.74) is 5.63. The molecule has 0 spiro atoms. The quantitative estimate of drug-likeness (QED) is 0.722. The van der Waals surface area contributed by atoms with Crippen LogP contribution >= 0.6 is 11.8 Å². The van der Waals surface area contributed by atoms with E-state index in [4.69, 9.17) is 5.73 Å². The molecule has 0 aromatic rings. The molecular formula is C11H25N3O2S2. The van der Waals surface area contributed by atoms with E-state index >= 15 is 0 Å². The molecule has 0 amide bonds. The number of hydrogen-bond acceptors (Lipinski definition) is 4. The van der Waals surface area contributed by atoms with E-state index in [2.05, 4.69) is 4.72 Å². The van der Waals surface area contributed by atoms with Crippen LogP contribution in [0.5, 0.6) is 0 Å². The number of piperidine rings is 1. The SMILES string of the molecule is CSCCC(C)NS(=O)(=O)N1CCCC(CN)C1. The van der Waals surface area contributed by atoms with Crippen molar-refractivity contribution in [1.29, 1.82) is 0 Å². The Morgan fingerprint density at radius 1 is 1.56 bits per heavy atom. The molecule has 0 aliphatic carbocycles. The van der Waals surface area contributed by atoms with Gasteiger partial charge in [0.1, 0.15) is 0 Å². The Bertz CT molecular complexity index is 335. The van der Waals surface area contributed by atoms with Crippen LogP contribution in [0.3, 0.4) is 0 Å². The second-order valence-corrected chi connectivity index (χ2v) is 7.60. The van der Waals surface area contributed by atoms with E-state index in [0.29, 0.717) is 25.6 Å². The number of rotatable bonds is 7. The molecule has 3 N–H and O–H groups in total. The van der Waals surface area contributed by atoms with Crippen LogP contribution in [-0.2, 0) is 10.2 Å². The summed E-state index contributed by atoms with van der Waals surface area (Å²) in [6.07, 6.45) is 4.82. The first-order valence-corrected chi connectivity index (χ1v) is 9.29. The number of nitrogens with two attached hydrogens (primary N) is 1. The van der Waals surface area contributed by atoms with E-state index in [1.165, 1.54) is 0 Å². The zero-order chi connectivity index (χ0) is 13.6. The van der Waals surface area contributed by atoms with Gasteiger partial charge in [-0.25, -0.2) is 0 Å². The number of hydrogen-bond donors (Lipinski definition) is 2. The van der Waals surface area contributed by atoms with Crippen molar-refractivity contribution >= 4 is 22.0 Å². The van der Waals surface area contributed by atoms with E-state index < -0.39 is 10.2 Å². The Labute approximate surface area is 115 Å². The van der Waals surface area contributed by atoms with Crippen LogP contribution in [0.4, 0.5) is 0 Å². The maximum absolute atomic E-state index is 12.2. The highest BCUT2D eigenvalue weighted by Crippen LogP contribution is 2.18. The minimum atomic E-state index is -3.34. The van der Waals surface area contributed by atoms with Crippen molar-refractivity contribution in [2.45, 2.75) is 32.2 Å². The van der Waals surface area contributed by atoms with Gasteiger partial charge in [-0.15, -0.1) is 0 Å². The summed E-state index contributed by atoms with van der Waals surface area (Å²) in [6, 6.07) is -0.0132. The molecule has 5 nitrogen and oxygen atoms in total. The molecule has 18 heavy (non-hydrogen) atoms. The van der Waals surface area contributed by atoms with Crippen molar-refractivity contribution in [3.8, 4) is 0 Å². The smallest absolute Gasteiger partial charge is 0.279 e. The van der Waals surface area contributed by atoms with Crippen LogP contribution in [0.1, 0.15) is 26.2 Å². The maximum atomic E-state index is 12.2. The van der Waals surface area contributed by atoms with Crippen molar-refractivity contribution < 1.29 is 8.42 Å². The van der Waals surface area contributed by atoms with Gasteiger partial charge in [-0.2, -0.15) is 29.2 Å². The molecule has 0 aromatic carbocycles. The summed E-state index contributed by atoms with van der Waals surface area (Å²) in [5.74, 6) is 1.27. The van der Waals surface area contributed by atoms with Crippen LogP contribution < -0.4 is 10.5 Å². The summed E-state index contributed by atoms with van der Waals surface area (Å²) in [5, 5.41) is 0. The number of nitrogens with one attached hydrogen (secondary N) is 1. The predicted molar refractivity (Wildman–Crippen MR) is 77.9 cm³/mol. The number of nitrogens with zero attached hydrogens (tertiary/aromatic N) is 1. The summed E-state index contributed by atoms with van der Waals surface area (Å²) in [6.45, 7) is 3.65. The van der Waals surface area contributed by atoms with Gasteiger partial charge >= 0.3 is 0 Å². The molecule has 0 aromatic heterocycles. The van der Waals surface area contributed by atoms with Gasteiger partial charge in [0.15, 0.2) is 0 Å². The molecule has 2 atom stereocenters. The Balaban J connectivity index is 2.51. The molecule has 1 rings (SSSR count). The fraction of sp³-hybridized carbons (Fsp3) is 1.00. The monoisotopic (exact) mass is 295 g/mol. The molecule has 1 saturated heterocycles. The Hall–Kier alpha value is 0.180. The molecule has 1 aliphatic heterocycles. The fourth-order valence-corrected chi connectivity index (χ4v) is 4.26. The molecule has 0 radical (unpaired) electrons. The van der Waals surface area contributed by atoms with Crippen LogP contribution in [0, 0.1) is 5.92 Å². The van der Waals surface area contributed by atoms with E-state index in [-0.39, 0.29) is 6.04 Å². The van der Waals surface area contributed by atoms with Crippen molar-refractivity contribution in [3.63, 3.8) is 0 Å². The summed E-state index contributed by atoms with van der Waals surface area (Å²) in [7, 11) is -3.34. The number of thioether (sulfide) groups is 1. The highest BCUT2D eigenvalue weighted by atomic mass is 32.2. The first kappa shape index (κ1) is 16.2. The molecule has 1 heterocycles. The highest BCUT2D eigenvalue weighted by molar-refractivity contribution is 7.98. The lowest BCUT2D eigenvalue weighted by Gasteiger charge is -2.32. The second kappa shape index (κ2) is 7.69. The molecule has 1 fully saturated rings. The fourth-order valence-electron chi connectivity index (χ4n) is 2.12. The third-order valence-electron chi connectivity index (χ3n) is 3.26. The molecule has 7 heteroatoms. The van der Waals surface area contributed by atoms with Gasteiger partial charge in [0, 0.05) is 19.1 Å². The summed E-state index contributed by atoms with van der Waals surface area (Å²) < 4.78 is 28.7. The molecule has 0 bridgehead atoms. The Morgan fingerprint density at radius 3 is 2.89 bits per heavy atom. The van der Waals surface area contributed by atoms with Gasteiger partial charge < -0.3 is 5.73 Å². The van der Waals surface area contributed by atoms with Gasteiger partial charge in [0.2, 0.25) is 0 Å². The average molecular weight is 295 g/mol. The topological polar surface area (TPSA) is 75.4 Å². The van der Waals surface area contributed by atoms with Gasteiger partial charge in [0.25, 0.3) is 10.2 Å². The van der Waals surface area contributed by atoms with Gasteiger partial charge in [-0.3, -0.25) is 0 Å². The second-order valence-electron chi connectivity index (χ2n) is 4.91. The molecule has 0 saturated carbocycles. The van der Waals surface area contributed by atoms with Crippen LogP contribution in [-0.4, -0.2) is 50.4 Å². The average Bonchev–Trinajstić information content (AvgIpc) is 2.36. The molecule has 2 unspecified atom stereocenters. The first-order valence-electron chi connectivity index (χ1n) is 6.46. The van der Waals surface area contributed by atoms with Gasteiger partial charge in [0.05, 0.1) is 0 Å². The van der Waals surface area contributed by atoms with Crippen LogP contribution in [0.15, 0.2) is 0 Å². The third kappa shape index (κ3) is 5.05. The molecule has 108 valence electrons. The summed E-state index contributed by atoms with van der Waals surface area (Å²) in [4.78, 5) is 0. The highest BCUT2D eigenvalue weighted by Gasteiger charge is 2.28. The first-order chi connectivity index (χ1) is 8.49. The van der Waals surface area contributed by atoms with Gasteiger partial charge in [-0.05, 0) is 50.7 Å². The maximum Gasteiger partial charge on any atom is 0.279 e. The normalized spacial score (nSPS) is 24.1. The lowest BCUT2D eigenvalue weighted by Crippen LogP contribution is -2.49. The van der Waals surface area contributed by atoms with Crippen LogP contribution in [0.2, 0.25) is 0 Å². The van der Waals surface area contributed by atoms with E-state index in [0.717, 1.165) is 25.0 Å². The van der Waals surface area contributed by atoms with Crippen molar-refractivity contribution in [3.05, 3.63) is 0 Å².